The van der Waals surface area contributed by atoms with Crippen LogP contribution in [0.3, 0.4) is 0 Å². The van der Waals surface area contributed by atoms with Crippen molar-refractivity contribution in [2.75, 3.05) is 0 Å². The number of carbonyl (C=O) groups excluding carboxylic acids is 2. The van der Waals surface area contributed by atoms with Crippen molar-refractivity contribution in [2.24, 2.45) is 5.10 Å². The van der Waals surface area contributed by atoms with Crippen LogP contribution in [0.4, 0.5) is 0 Å². The maximum absolute atomic E-state index is 12.3. The molecule has 0 unspecified atom stereocenters. The van der Waals surface area contributed by atoms with Gasteiger partial charge in [0.05, 0.1) is 18.6 Å². The predicted molar refractivity (Wildman–Crippen MR) is 90.7 cm³/mol. The molecule has 0 aromatic heterocycles. The summed E-state index contributed by atoms with van der Waals surface area (Å²) >= 11 is 0. The molecule has 0 saturated heterocycles. The number of ether oxygens (including phenoxy) is 1. The lowest BCUT2D eigenvalue weighted by Gasteiger charge is -2.30. The van der Waals surface area contributed by atoms with Crippen LogP contribution in [0.15, 0.2) is 35.4 Å². The second-order valence-corrected chi connectivity index (χ2v) is 5.78. The van der Waals surface area contributed by atoms with Gasteiger partial charge in [0.1, 0.15) is 0 Å². The third-order valence-corrected chi connectivity index (χ3v) is 3.79. The Morgan fingerprint density at radius 3 is 2.60 bits per heavy atom. The largest absolute Gasteiger partial charge is 0.481 e. The fourth-order valence-electron chi connectivity index (χ4n) is 2.53. The van der Waals surface area contributed by atoms with E-state index < -0.39 is 18.2 Å². The van der Waals surface area contributed by atoms with Crippen molar-refractivity contribution >= 4 is 23.6 Å². The van der Waals surface area contributed by atoms with Crippen LogP contribution in [0.5, 0.6) is 0 Å². The van der Waals surface area contributed by atoms with E-state index >= 15 is 0 Å². The summed E-state index contributed by atoms with van der Waals surface area (Å²) in [5.74, 6) is -1.91. The number of esters is 1. The summed E-state index contributed by atoms with van der Waals surface area (Å²) < 4.78 is 5.33. The molecule has 1 aliphatic heterocycles. The zero-order chi connectivity index (χ0) is 18.2. The average Bonchev–Trinajstić information content (AvgIpc) is 2.61. The Kier molecular flexibility index (Phi) is 6.68. The van der Waals surface area contributed by atoms with Gasteiger partial charge in [0, 0.05) is 19.3 Å². The first kappa shape index (κ1) is 18.6. The minimum atomic E-state index is -1.07. The number of hydrazone groups is 1. The molecule has 0 aliphatic carbocycles. The molecule has 1 heterocycles. The number of carboxylic acid groups (broad SMARTS) is 1. The van der Waals surface area contributed by atoms with Crippen LogP contribution < -0.4 is 0 Å². The first-order valence-electron chi connectivity index (χ1n) is 8.37. The second kappa shape index (κ2) is 8.96. The lowest BCUT2D eigenvalue weighted by Crippen LogP contribution is -2.42. The molecule has 0 bridgehead atoms. The van der Waals surface area contributed by atoms with Crippen molar-refractivity contribution < 1.29 is 24.2 Å². The molecular weight excluding hydrogens is 324 g/mol. The highest BCUT2D eigenvalue weighted by molar-refractivity contribution is 6.04. The van der Waals surface area contributed by atoms with E-state index in [9.17, 15) is 14.4 Å². The molecule has 0 saturated carbocycles. The normalized spacial score (nSPS) is 15.5. The van der Waals surface area contributed by atoms with Crippen molar-refractivity contribution in [2.45, 2.75) is 51.7 Å². The summed E-state index contributed by atoms with van der Waals surface area (Å²) in [4.78, 5) is 34.7. The van der Waals surface area contributed by atoms with Crippen molar-refractivity contribution in [1.29, 1.82) is 0 Å². The molecule has 25 heavy (non-hydrogen) atoms. The third-order valence-electron chi connectivity index (χ3n) is 3.79. The molecule has 1 aliphatic rings. The first-order valence-corrected chi connectivity index (χ1v) is 8.37. The smallest absolute Gasteiger partial charge is 0.308 e. The van der Waals surface area contributed by atoms with Gasteiger partial charge in [0.25, 0.3) is 0 Å². The van der Waals surface area contributed by atoms with E-state index in [2.05, 4.69) is 5.10 Å². The maximum Gasteiger partial charge on any atom is 0.308 e. The fourth-order valence-corrected chi connectivity index (χ4v) is 2.53. The number of rotatable bonds is 8. The molecule has 1 aromatic carbocycles. The van der Waals surface area contributed by atoms with E-state index in [0.717, 1.165) is 11.3 Å². The van der Waals surface area contributed by atoms with Gasteiger partial charge < -0.3 is 9.84 Å². The molecule has 1 atom stereocenters. The highest BCUT2D eigenvalue weighted by atomic mass is 16.6. The van der Waals surface area contributed by atoms with E-state index in [1.807, 2.05) is 37.3 Å². The van der Waals surface area contributed by atoms with Crippen LogP contribution in [0.25, 0.3) is 0 Å². The molecule has 1 aromatic rings. The van der Waals surface area contributed by atoms with Crippen LogP contribution in [0.1, 0.15) is 51.0 Å². The Balaban J connectivity index is 2.15. The Hall–Kier alpha value is -2.70. The Morgan fingerprint density at radius 2 is 1.96 bits per heavy atom. The highest BCUT2D eigenvalue weighted by Gasteiger charge is 2.30. The van der Waals surface area contributed by atoms with Gasteiger partial charge in [-0.25, -0.2) is 0 Å². The van der Waals surface area contributed by atoms with E-state index in [1.54, 1.807) is 0 Å². The van der Waals surface area contributed by atoms with Gasteiger partial charge in [-0.15, -0.1) is 0 Å². The number of nitrogens with zero attached hydrogens (tertiary/aromatic N) is 2. The van der Waals surface area contributed by atoms with E-state index in [0.29, 0.717) is 25.7 Å². The Morgan fingerprint density at radius 1 is 1.24 bits per heavy atom. The quantitative estimate of drug-likeness (QED) is 0.730. The lowest BCUT2D eigenvalue weighted by atomic mass is 10.0. The number of carboxylic acids is 1. The van der Waals surface area contributed by atoms with E-state index in [1.165, 1.54) is 5.01 Å². The van der Waals surface area contributed by atoms with E-state index in [4.69, 9.17) is 9.84 Å². The Bertz CT molecular complexity index is 657. The van der Waals surface area contributed by atoms with Crippen molar-refractivity contribution in [3.8, 4) is 0 Å². The van der Waals surface area contributed by atoms with Gasteiger partial charge in [0.15, 0.2) is 6.23 Å². The molecule has 0 radical (unpaired) electrons. The maximum atomic E-state index is 12.3. The number of amides is 1. The van der Waals surface area contributed by atoms with Gasteiger partial charge in [-0.05, 0) is 5.56 Å². The van der Waals surface area contributed by atoms with E-state index in [-0.39, 0.29) is 18.7 Å². The molecule has 7 heteroatoms. The highest BCUT2D eigenvalue weighted by Crippen LogP contribution is 2.20. The number of carbonyl (C=O) groups is 3. The molecule has 2 rings (SSSR count). The molecule has 1 N–H and O–H groups in total. The SMILES string of the molecule is CCC[C@@H](OC(=O)CCC(=O)O)N1N=C(c2ccccc2)CCC1=O. The monoisotopic (exact) mass is 346 g/mol. The van der Waals surface area contributed by atoms with Gasteiger partial charge in [-0.3, -0.25) is 14.4 Å². The lowest BCUT2D eigenvalue weighted by molar-refractivity contribution is -0.167. The molecule has 1 amide bonds. The minimum Gasteiger partial charge on any atom is -0.481 e. The van der Waals surface area contributed by atoms with Gasteiger partial charge >= 0.3 is 11.9 Å². The van der Waals surface area contributed by atoms with Gasteiger partial charge in [-0.1, -0.05) is 43.7 Å². The minimum absolute atomic E-state index is 0.204. The summed E-state index contributed by atoms with van der Waals surface area (Å²) in [6.45, 7) is 1.91. The van der Waals surface area contributed by atoms with Crippen LogP contribution in [-0.2, 0) is 19.1 Å². The fraction of sp³-hybridized carbons (Fsp3) is 0.444. The average molecular weight is 346 g/mol. The third kappa shape index (κ3) is 5.41. The molecule has 7 nitrogen and oxygen atoms in total. The topological polar surface area (TPSA) is 96.3 Å². The van der Waals surface area contributed by atoms with Crippen LogP contribution >= 0.6 is 0 Å². The molecule has 0 spiro atoms. The summed E-state index contributed by atoms with van der Waals surface area (Å²) in [5.41, 5.74) is 1.69. The van der Waals surface area contributed by atoms with Crippen molar-refractivity contribution in [3.63, 3.8) is 0 Å². The van der Waals surface area contributed by atoms with Gasteiger partial charge in [0.2, 0.25) is 5.91 Å². The van der Waals surface area contributed by atoms with Crippen molar-refractivity contribution in [3.05, 3.63) is 35.9 Å². The van der Waals surface area contributed by atoms with Crippen molar-refractivity contribution in [1.82, 2.24) is 5.01 Å². The second-order valence-electron chi connectivity index (χ2n) is 5.78. The number of hydrogen-bond acceptors (Lipinski definition) is 5. The summed E-state index contributed by atoms with van der Waals surface area (Å²) in [7, 11) is 0. The zero-order valence-corrected chi connectivity index (χ0v) is 14.2. The number of aliphatic carboxylic acids is 1. The van der Waals surface area contributed by atoms with Crippen LogP contribution in [0, 0.1) is 0 Å². The summed E-state index contributed by atoms with van der Waals surface area (Å²) in [6, 6.07) is 9.53. The molecule has 134 valence electrons. The Labute approximate surface area is 146 Å². The number of hydrogen-bond donors (Lipinski definition) is 1. The summed E-state index contributed by atoms with van der Waals surface area (Å²) in [5, 5.41) is 14.3. The standard InChI is InChI=1S/C18H22N2O5/c1-2-6-16(25-18(24)12-11-17(22)23)20-15(21)10-9-14(19-20)13-7-4-3-5-8-13/h3-5,7-8,16H,2,6,9-12H2,1H3,(H,22,23)/t16-/m1/s1. The van der Waals surface area contributed by atoms with Crippen LogP contribution in [-0.4, -0.2) is 39.9 Å². The molecule has 0 fully saturated rings. The zero-order valence-electron chi connectivity index (χ0n) is 14.2. The predicted octanol–water partition coefficient (Wildman–Crippen LogP) is 2.55. The number of benzene rings is 1. The van der Waals surface area contributed by atoms with Crippen LogP contribution in [0.2, 0.25) is 0 Å². The first-order chi connectivity index (χ1) is 12.0. The molecular formula is C18H22N2O5. The summed E-state index contributed by atoms with van der Waals surface area (Å²) in [6.07, 6.45) is 0.619. The van der Waals surface area contributed by atoms with Gasteiger partial charge in [-0.2, -0.15) is 10.1 Å².